The SMILES string of the molecule is Cc1cc(C)cc(-n2ccn(CC#N)c(=O)c2=O)c1. The molecule has 0 unspecified atom stereocenters. The van der Waals surface area contributed by atoms with Gasteiger partial charge in [0.1, 0.15) is 6.54 Å². The number of hydrogen-bond donors (Lipinski definition) is 0. The first kappa shape index (κ1) is 12.8. The second kappa shape index (κ2) is 4.94. The van der Waals surface area contributed by atoms with Crippen LogP contribution in [-0.2, 0) is 6.54 Å². The van der Waals surface area contributed by atoms with Gasteiger partial charge in [-0.1, -0.05) is 6.07 Å². The van der Waals surface area contributed by atoms with Crippen molar-refractivity contribution < 1.29 is 0 Å². The highest BCUT2D eigenvalue weighted by Gasteiger charge is 2.07. The van der Waals surface area contributed by atoms with Gasteiger partial charge in [0.15, 0.2) is 0 Å². The third-order valence-electron chi connectivity index (χ3n) is 2.78. The van der Waals surface area contributed by atoms with Crippen LogP contribution in [-0.4, -0.2) is 9.13 Å². The Hall–Kier alpha value is -2.61. The molecule has 1 aromatic carbocycles. The molecule has 96 valence electrons. The molecule has 0 aliphatic carbocycles. The average molecular weight is 255 g/mol. The van der Waals surface area contributed by atoms with Crippen LogP contribution < -0.4 is 11.1 Å². The van der Waals surface area contributed by atoms with Crippen LogP contribution in [0.5, 0.6) is 0 Å². The number of hydrogen-bond acceptors (Lipinski definition) is 3. The Morgan fingerprint density at radius 3 is 2.26 bits per heavy atom. The van der Waals surface area contributed by atoms with E-state index in [0.29, 0.717) is 5.69 Å². The van der Waals surface area contributed by atoms with Crippen molar-refractivity contribution in [1.29, 1.82) is 5.26 Å². The zero-order valence-corrected chi connectivity index (χ0v) is 10.8. The van der Waals surface area contributed by atoms with Crippen molar-refractivity contribution >= 4 is 0 Å². The van der Waals surface area contributed by atoms with Crippen LogP contribution in [0.4, 0.5) is 0 Å². The van der Waals surface area contributed by atoms with Gasteiger partial charge in [-0.15, -0.1) is 0 Å². The van der Waals surface area contributed by atoms with Crippen molar-refractivity contribution in [3.05, 3.63) is 62.4 Å². The summed E-state index contributed by atoms with van der Waals surface area (Å²) >= 11 is 0. The zero-order valence-electron chi connectivity index (χ0n) is 10.8. The predicted octanol–water partition coefficient (Wildman–Crippen LogP) is 1.14. The number of aryl methyl sites for hydroxylation is 2. The van der Waals surface area contributed by atoms with Gasteiger partial charge in [-0.25, -0.2) is 0 Å². The van der Waals surface area contributed by atoms with Gasteiger partial charge in [0.25, 0.3) is 0 Å². The van der Waals surface area contributed by atoms with E-state index in [0.717, 1.165) is 15.7 Å². The molecule has 5 heteroatoms. The van der Waals surface area contributed by atoms with Gasteiger partial charge >= 0.3 is 11.1 Å². The van der Waals surface area contributed by atoms with Crippen molar-refractivity contribution in [3.8, 4) is 11.8 Å². The summed E-state index contributed by atoms with van der Waals surface area (Å²) in [5.41, 5.74) is 1.35. The summed E-state index contributed by atoms with van der Waals surface area (Å²) in [7, 11) is 0. The molecule has 2 rings (SSSR count). The van der Waals surface area contributed by atoms with E-state index in [9.17, 15) is 9.59 Å². The highest BCUT2D eigenvalue weighted by Crippen LogP contribution is 2.11. The molecular weight excluding hydrogens is 242 g/mol. The lowest BCUT2D eigenvalue weighted by Crippen LogP contribution is -2.39. The minimum atomic E-state index is -0.691. The minimum Gasteiger partial charge on any atom is -0.295 e. The number of nitrogens with zero attached hydrogens (tertiary/aromatic N) is 3. The van der Waals surface area contributed by atoms with Crippen LogP contribution >= 0.6 is 0 Å². The van der Waals surface area contributed by atoms with Crippen LogP contribution in [0.25, 0.3) is 5.69 Å². The summed E-state index contributed by atoms with van der Waals surface area (Å²) in [6.45, 7) is 3.73. The number of nitriles is 1. The third kappa shape index (κ3) is 2.47. The summed E-state index contributed by atoms with van der Waals surface area (Å²) in [4.78, 5) is 23.8. The normalized spacial score (nSPS) is 10.2. The summed E-state index contributed by atoms with van der Waals surface area (Å²) in [6, 6.07) is 7.51. The first-order valence-corrected chi connectivity index (χ1v) is 5.80. The molecule has 0 fully saturated rings. The molecule has 1 aromatic heterocycles. The van der Waals surface area contributed by atoms with Crippen molar-refractivity contribution in [3.63, 3.8) is 0 Å². The Balaban J connectivity index is 2.65. The van der Waals surface area contributed by atoms with Crippen LogP contribution in [0, 0.1) is 25.2 Å². The number of rotatable bonds is 2. The van der Waals surface area contributed by atoms with E-state index >= 15 is 0 Å². The zero-order chi connectivity index (χ0) is 14.0. The van der Waals surface area contributed by atoms with Gasteiger partial charge < -0.3 is 0 Å². The van der Waals surface area contributed by atoms with E-state index < -0.39 is 11.1 Å². The highest BCUT2D eigenvalue weighted by molar-refractivity contribution is 5.39. The maximum atomic E-state index is 12.0. The van der Waals surface area contributed by atoms with E-state index in [1.54, 1.807) is 0 Å². The Bertz CT molecular complexity index is 758. The molecule has 0 spiro atoms. The van der Waals surface area contributed by atoms with Crippen molar-refractivity contribution in [2.24, 2.45) is 0 Å². The molecular formula is C14H13N3O2. The van der Waals surface area contributed by atoms with Gasteiger partial charge in [-0.2, -0.15) is 5.26 Å². The fraction of sp³-hybridized carbons (Fsp3) is 0.214. The van der Waals surface area contributed by atoms with Gasteiger partial charge in [0.05, 0.1) is 6.07 Å². The first-order chi connectivity index (χ1) is 9.02. The van der Waals surface area contributed by atoms with Crippen LogP contribution in [0.15, 0.2) is 40.2 Å². The molecule has 0 aliphatic heterocycles. The Morgan fingerprint density at radius 2 is 1.68 bits per heavy atom. The molecule has 0 aliphatic rings. The summed E-state index contributed by atoms with van der Waals surface area (Å²) < 4.78 is 2.40. The molecule has 0 radical (unpaired) electrons. The monoisotopic (exact) mass is 255 g/mol. The van der Waals surface area contributed by atoms with Gasteiger partial charge in [-0.3, -0.25) is 18.7 Å². The first-order valence-electron chi connectivity index (χ1n) is 5.80. The molecule has 19 heavy (non-hydrogen) atoms. The van der Waals surface area contributed by atoms with E-state index in [-0.39, 0.29) is 6.54 Å². The summed E-state index contributed by atoms with van der Waals surface area (Å²) in [6.07, 6.45) is 2.96. The molecule has 0 N–H and O–H groups in total. The second-order valence-electron chi connectivity index (χ2n) is 4.41. The van der Waals surface area contributed by atoms with Crippen molar-refractivity contribution in [2.75, 3.05) is 0 Å². The van der Waals surface area contributed by atoms with E-state index in [2.05, 4.69) is 0 Å². The van der Waals surface area contributed by atoms with Gasteiger partial charge in [-0.05, 0) is 37.1 Å². The molecule has 0 saturated carbocycles. The highest BCUT2D eigenvalue weighted by atomic mass is 16.2. The lowest BCUT2D eigenvalue weighted by molar-refractivity contribution is 0.739. The summed E-state index contributed by atoms with van der Waals surface area (Å²) in [5, 5.41) is 8.58. The van der Waals surface area contributed by atoms with Crippen LogP contribution in [0.1, 0.15) is 11.1 Å². The molecule has 0 atom stereocenters. The Labute approximate surface area is 110 Å². The molecule has 0 amide bonds. The van der Waals surface area contributed by atoms with Crippen molar-refractivity contribution in [1.82, 2.24) is 9.13 Å². The summed E-state index contributed by atoms with van der Waals surface area (Å²) in [5.74, 6) is 0. The topological polar surface area (TPSA) is 67.8 Å². The largest absolute Gasteiger partial charge is 0.321 e. The van der Waals surface area contributed by atoms with E-state index in [1.165, 1.54) is 17.0 Å². The Morgan fingerprint density at radius 1 is 1.05 bits per heavy atom. The van der Waals surface area contributed by atoms with Crippen molar-refractivity contribution in [2.45, 2.75) is 20.4 Å². The quantitative estimate of drug-likeness (QED) is 0.756. The van der Waals surface area contributed by atoms with E-state index in [4.69, 9.17) is 5.26 Å². The van der Waals surface area contributed by atoms with Gasteiger partial charge in [0.2, 0.25) is 0 Å². The maximum absolute atomic E-state index is 12.0. The fourth-order valence-electron chi connectivity index (χ4n) is 2.00. The molecule has 2 aromatic rings. The predicted molar refractivity (Wildman–Crippen MR) is 71.4 cm³/mol. The standard InChI is InChI=1S/C14H13N3O2/c1-10-7-11(2)9-12(8-10)17-6-5-16(4-3-15)13(18)14(17)19/h5-9H,4H2,1-2H3. The number of benzene rings is 1. The molecule has 0 saturated heterocycles. The average Bonchev–Trinajstić information content (AvgIpc) is 2.34. The van der Waals surface area contributed by atoms with Crippen LogP contribution in [0.2, 0.25) is 0 Å². The van der Waals surface area contributed by atoms with E-state index in [1.807, 2.05) is 38.1 Å². The van der Waals surface area contributed by atoms with Gasteiger partial charge in [0, 0.05) is 18.1 Å². The third-order valence-corrected chi connectivity index (χ3v) is 2.78. The lowest BCUT2D eigenvalue weighted by Gasteiger charge is -2.08. The minimum absolute atomic E-state index is 0.123. The molecule has 0 bridgehead atoms. The lowest BCUT2D eigenvalue weighted by atomic mass is 10.1. The Kier molecular flexibility index (Phi) is 3.34. The second-order valence-corrected chi connectivity index (χ2v) is 4.41. The molecule has 1 heterocycles. The maximum Gasteiger partial charge on any atom is 0.321 e. The molecule has 5 nitrogen and oxygen atoms in total. The number of aromatic nitrogens is 2. The van der Waals surface area contributed by atoms with Crippen LogP contribution in [0.3, 0.4) is 0 Å². The smallest absolute Gasteiger partial charge is 0.295 e. The fourth-order valence-corrected chi connectivity index (χ4v) is 2.00.